The fourth-order valence-corrected chi connectivity index (χ4v) is 2.42. The van der Waals surface area contributed by atoms with Gasteiger partial charge < -0.3 is 10.6 Å². The summed E-state index contributed by atoms with van der Waals surface area (Å²) in [6.07, 6.45) is 3.43. The number of carbonyl (C=O) groups excluding carboxylic acids is 2. The molecular weight excluding hydrogens is 358 g/mol. The number of anilines is 1. The molecule has 0 aliphatic carbocycles. The van der Waals surface area contributed by atoms with Gasteiger partial charge in [-0.3, -0.25) is 19.7 Å². The van der Waals surface area contributed by atoms with Gasteiger partial charge in [0, 0.05) is 30.3 Å². The van der Waals surface area contributed by atoms with Crippen LogP contribution >= 0.6 is 0 Å². The van der Waals surface area contributed by atoms with Gasteiger partial charge in [0.1, 0.15) is 0 Å². The van der Waals surface area contributed by atoms with E-state index in [9.17, 15) is 19.7 Å². The van der Waals surface area contributed by atoms with Gasteiger partial charge in [-0.05, 0) is 36.3 Å². The third-order valence-electron chi connectivity index (χ3n) is 4.27. The zero-order valence-corrected chi connectivity index (χ0v) is 15.8. The van der Waals surface area contributed by atoms with Crippen molar-refractivity contribution in [1.82, 2.24) is 5.32 Å². The lowest BCUT2D eigenvalue weighted by Crippen LogP contribution is -2.21. The van der Waals surface area contributed by atoms with Crippen molar-refractivity contribution in [2.24, 2.45) is 5.92 Å². The van der Waals surface area contributed by atoms with Crippen molar-refractivity contribution in [3.8, 4) is 0 Å². The molecule has 2 aromatic rings. The Bertz CT molecular complexity index is 893. The first-order chi connectivity index (χ1) is 13.4. The normalized spacial score (nSPS) is 11.8. The maximum absolute atomic E-state index is 12.0. The van der Waals surface area contributed by atoms with Gasteiger partial charge in [0.25, 0.3) is 5.69 Å². The van der Waals surface area contributed by atoms with E-state index in [1.165, 1.54) is 18.2 Å². The van der Waals surface area contributed by atoms with E-state index in [1.54, 1.807) is 36.4 Å². The lowest BCUT2D eigenvalue weighted by molar-refractivity contribution is -0.385. The predicted molar refractivity (Wildman–Crippen MR) is 109 cm³/mol. The Balaban J connectivity index is 1.95. The van der Waals surface area contributed by atoms with Crippen molar-refractivity contribution >= 4 is 29.3 Å². The summed E-state index contributed by atoms with van der Waals surface area (Å²) in [6.45, 7) is 4.09. The summed E-state index contributed by atoms with van der Waals surface area (Å²) < 4.78 is 0. The number of benzene rings is 2. The highest BCUT2D eigenvalue weighted by Gasteiger charge is 2.11. The lowest BCUT2D eigenvalue weighted by atomic mass is 10.1. The van der Waals surface area contributed by atoms with Gasteiger partial charge in [0.15, 0.2) is 0 Å². The molecule has 0 aliphatic heterocycles. The monoisotopic (exact) mass is 381 g/mol. The van der Waals surface area contributed by atoms with Crippen molar-refractivity contribution in [2.45, 2.75) is 26.8 Å². The number of carbonyl (C=O) groups is 2. The molecule has 0 heterocycles. The van der Waals surface area contributed by atoms with Crippen LogP contribution in [0.3, 0.4) is 0 Å². The Kier molecular flexibility index (Phi) is 7.45. The van der Waals surface area contributed by atoms with Crippen LogP contribution in [0.15, 0.2) is 54.6 Å². The van der Waals surface area contributed by atoms with Crippen LogP contribution in [0.25, 0.3) is 6.08 Å². The van der Waals surface area contributed by atoms with Gasteiger partial charge in [0.05, 0.1) is 10.5 Å². The minimum Gasteiger partial charge on any atom is -0.348 e. The second-order valence-electron chi connectivity index (χ2n) is 6.37. The van der Waals surface area contributed by atoms with Crippen LogP contribution in [0.4, 0.5) is 11.4 Å². The van der Waals surface area contributed by atoms with Crippen molar-refractivity contribution in [3.63, 3.8) is 0 Å². The summed E-state index contributed by atoms with van der Waals surface area (Å²) in [5.41, 5.74) is 1.80. The molecule has 146 valence electrons. The van der Waals surface area contributed by atoms with Crippen LogP contribution in [0.2, 0.25) is 0 Å². The van der Waals surface area contributed by atoms with Crippen LogP contribution in [-0.4, -0.2) is 16.7 Å². The van der Waals surface area contributed by atoms with E-state index in [0.717, 1.165) is 12.0 Å². The van der Waals surface area contributed by atoms with Gasteiger partial charge in [0.2, 0.25) is 11.8 Å². The third-order valence-corrected chi connectivity index (χ3v) is 4.27. The smallest absolute Gasteiger partial charge is 0.276 e. The van der Waals surface area contributed by atoms with Crippen molar-refractivity contribution < 1.29 is 14.5 Å². The number of rotatable bonds is 8. The van der Waals surface area contributed by atoms with Gasteiger partial charge >= 0.3 is 0 Å². The zero-order valence-electron chi connectivity index (χ0n) is 15.8. The molecule has 0 saturated carbocycles. The van der Waals surface area contributed by atoms with Crippen molar-refractivity contribution in [2.75, 3.05) is 5.32 Å². The van der Waals surface area contributed by atoms with E-state index >= 15 is 0 Å². The fraction of sp³-hybridized carbons (Fsp3) is 0.238. The van der Waals surface area contributed by atoms with Crippen molar-refractivity contribution in [3.05, 3.63) is 75.8 Å². The molecule has 1 unspecified atom stereocenters. The quantitative estimate of drug-likeness (QED) is 0.411. The molecule has 7 nitrogen and oxygen atoms in total. The van der Waals surface area contributed by atoms with E-state index < -0.39 is 4.92 Å². The Hall–Kier alpha value is -3.48. The van der Waals surface area contributed by atoms with E-state index in [0.29, 0.717) is 11.3 Å². The van der Waals surface area contributed by atoms with Crippen LogP contribution in [-0.2, 0) is 16.1 Å². The first kappa shape index (κ1) is 20.8. The molecule has 28 heavy (non-hydrogen) atoms. The van der Waals surface area contributed by atoms with Crippen molar-refractivity contribution in [1.29, 1.82) is 0 Å². The van der Waals surface area contributed by atoms with Gasteiger partial charge in [-0.15, -0.1) is 0 Å². The topological polar surface area (TPSA) is 101 Å². The Morgan fingerprint density at radius 2 is 1.93 bits per heavy atom. The third kappa shape index (κ3) is 6.05. The summed E-state index contributed by atoms with van der Waals surface area (Å²) >= 11 is 0. The summed E-state index contributed by atoms with van der Waals surface area (Å²) in [5, 5.41) is 16.6. The van der Waals surface area contributed by atoms with E-state index in [1.807, 2.05) is 19.9 Å². The standard InChI is InChI=1S/C21H23N3O4/c1-3-15(2)21(26)23-18-9-6-7-16(13-18)14-22-20(25)12-11-17-8-4-5-10-19(17)24(27)28/h4-13,15H,3,14H2,1-2H3,(H,22,25)(H,23,26). The summed E-state index contributed by atoms with van der Waals surface area (Å²) in [5.74, 6) is -0.487. The largest absolute Gasteiger partial charge is 0.348 e. The molecule has 0 aliphatic rings. The molecule has 0 aromatic heterocycles. The molecule has 0 saturated heterocycles. The second-order valence-corrected chi connectivity index (χ2v) is 6.37. The molecule has 1 atom stereocenters. The number of nitro benzene ring substituents is 1. The van der Waals surface area contributed by atoms with E-state index in [-0.39, 0.29) is 30.0 Å². The highest BCUT2D eigenvalue weighted by Crippen LogP contribution is 2.19. The number of nitrogens with one attached hydrogen (secondary N) is 2. The SMILES string of the molecule is CCC(C)C(=O)Nc1cccc(CNC(=O)C=Cc2ccccc2[N+](=O)[O-])c1. The molecule has 0 spiro atoms. The molecule has 0 radical (unpaired) electrons. The van der Waals surface area contributed by atoms with Crippen LogP contribution in [0.1, 0.15) is 31.4 Å². The summed E-state index contributed by atoms with van der Waals surface area (Å²) in [6, 6.07) is 13.4. The van der Waals surface area contributed by atoms with Gasteiger partial charge in [-0.25, -0.2) is 0 Å². The van der Waals surface area contributed by atoms with E-state index in [4.69, 9.17) is 0 Å². The predicted octanol–water partition coefficient (Wildman–Crippen LogP) is 3.91. The lowest BCUT2D eigenvalue weighted by Gasteiger charge is -2.11. The minimum absolute atomic E-state index is 0.0453. The fourth-order valence-electron chi connectivity index (χ4n) is 2.42. The molecule has 2 aromatic carbocycles. The first-order valence-electron chi connectivity index (χ1n) is 8.99. The first-order valence-corrected chi connectivity index (χ1v) is 8.99. The van der Waals surface area contributed by atoms with E-state index in [2.05, 4.69) is 10.6 Å². The Morgan fingerprint density at radius 1 is 1.18 bits per heavy atom. The number of amides is 2. The Labute approximate surface area is 163 Å². The number of hydrogen-bond donors (Lipinski definition) is 2. The number of hydrogen-bond acceptors (Lipinski definition) is 4. The van der Waals surface area contributed by atoms with Crippen LogP contribution in [0.5, 0.6) is 0 Å². The molecule has 2 rings (SSSR count). The number of nitro groups is 1. The van der Waals surface area contributed by atoms with Crippen LogP contribution in [0, 0.1) is 16.0 Å². The maximum Gasteiger partial charge on any atom is 0.276 e. The van der Waals surface area contributed by atoms with Crippen LogP contribution < -0.4 is 10.6 Å². The second kappa shape index (κ2) is 10.0. The van der Waals surface area contributed by atoms with Gasteiger partial charge in [-0.1, -0.05) is 38.1 Å². The minimum atomic E-state index is -0.489. The number of nitrogens with zero attached hydrogens (tertiary/aromatic N) is 1. The Morgan fingerprint density at radius 3 is 2.64 bits per heavy atom. The highest BCUT2D eigenvalue weighted by molar-refractivity contribution is 5.93. The molecule has 0 bridgehead atoms. The molecule has 7 heteroatoms. The molecule has 2 N–H and O–H groups in total. The van der Waals surface area contributed by atoms with Gasteiger partial charge in [-0.2, -0.15) is 0 Å². The molecule has 2 amide bonds. The number of para-hydroxylation sites is 1. The summed E-state index contributed by atoms with van der Waals surface area (Å²) in [4.78, 5) is 34.5. The average Bonchev–Trinajstić information content (AvgIpc) is 2.70. The zero-order chi connectivity index (χ0) is 20.5. The molecular formula is C21H23N3O4. The maximum atomic E-state index is 12.0. The highest BCUT2D eigenvalue weighted by atomic mass is 16.6. The molecule has 0 fully saturated rings. The summed E-state index contributed by atoms with van der Waals surface area (Å²) in [7, 11) is 0. The average molecular weight is 381 g/mol.